The molecule has 0 aliphatic carbocycles. The Balaban J connectivity index is 2.61. The number of hydrogen-bond donors (Lipinski definition) is 1. The van der Waals surface area contributed by atoms with Gasteiger partial charge in [0.2, 0.25) is 0 Å². The van der Waals surface area contributed by atoms with Gasteiger partial charge in [0.25, 0.3) is 0 Å². The summed E-state index contributed by atoms with van der Waals surface area (Å²) < 4.78 is 0. The van der Waals surface area contributed by atoms with Gasteiger partial charge in [0.15, 0.2) is 0 Å². The largest absolute Gasteiger partial charge is 0.345 e. The van der Waals surface area contributed by atoms with E-state index < -0.39 is 0 Å². The number of benzene rings is 1. The SMILES string of the molecule is O=c1nc(-c2ccccc2Cl)cc[nH]1. The van der Waals surface area contributed by atoms with E-state index in [1.807, 2.05) is 18.2 Å². The van der Waals surface area contributed by atoms with Crippen LogP contribution in [0.1, 0.15) is 0 Å². The predicted molar refractivity (Wildman–Crippen MR) is 55.3 cm³/mol. The molecule has 0 saturated heterocycles. The zero-order valence-corrected chi connectivity index (χ0v) is 7.95. The normalized spacial score (nSPS) is 10.1. The molecule has 0 atom stereocenters. The Hall–Kier alpha value is -1.61. The molecule has 1 aromatic heterocycles. The van der Waals surface area contributed by atoms with Crippen molar-refractivity contribution in [1.29, 1.82) is 0 Å². The van der Waals surface area contributed by atoms with Crippen LogP contribution in [0.15, 0.2) is 41.3 Å². The molecule has 0 fully saturated rings. The zero-order chi connectivity index (χ0) is 9.97. The lowest BCUT2D eigenvalue weighted by Gasteiger charge is -2.00. The maximum atomic E-state index is 11.0. The third-order valence-electron chi connectivity index (χ3n) is 1.82. The minimum Gasteiger partial charge on any atom is -0.313 e. The summed E-state index contributed by atoms with van der Waals surface area (Å²) in [5, 5.41) is 0.589. The monoisotopic (exact) mass is 206 g/mol. The van der Waals surface area contributed by atoms with Crippen LogP contribution in [0.2, 0.25) is 5.02 Å². The molecule has 0 aliphatic heterocycles. The van der Waals surface area contributed by atoms with Crippen molar-refractivity contribution < 1.29 is 0 Å². The molecule has 2 rings (SSSR count). The molecule has 3 nitrogen and oxygen atoms in total. The van der Waals surface area contributed by atoms with Gasteiger partial charge in [-0.15, -0.1) is 0 Å². The maximum Gasteiger partial charge on any atom is 0.345 e. The Morgan fingerprint density at radius 2 is 2.00 bits per heavy atom. The Bertz CT molecular complexity index is 507. The van der Waals surface area contributed by atoms with Crippen molar-refractivity contribution in [2.24, 2.45) is 0 Å². The van der Waals surface area contributed by atoms with Gasteiger partial charge in [-0.25, -0.2) is 4.79 Å². The second kappa shape index (κ2) is 3.64. The fraction of sp³-hybridized carbons (Fsp3) is 0. The average molecular weight is 207 g/mol. The summed E-state index contributed by atoms with van der Waals surface area (Å²) in [4.78, 5) is 17.2. The molecule has 70 valence electrons. The molecule has 14 heavy (non-hydrogen) atoms. The summed E-state index contributed by atoms with van der Waals surface area (Å²) in [6, 6.07) is 8.98. The standard InChI is InChI=1S/C10H7ClN2O/c11-8-4-2-1-3-7(8)9-5-6-12-10(14)13-9/h1-6H,(H,12,13,14). The Morgan fingerprint density at radius 3 is 2.71 bits per heavy atom. The van der Waals surface area contributed by atoms with Crippen LogP contribution >= 0.6 is 11.6 Å². The van der Waals surface area contributed by atoms with Crippen LogP contribution in [0.4, 0.5) is 0 Å². The number of hydrogen-bond acceptors (Lipinski definition) is 2. The minimum absolute atomic E-state index is 0.373. The molecule has 1 aromatic carbocycles. The molecule has 0 bridgehead atoms. The smallest absolute Gasteiger partial charge is 0.313 e. The zero-order valence-electron chi connectivity index (χ0n) is 7.20. The fourth-order valence-corrected chi connectivity index (χ4v) is 1.42. The first kappa shape index (κ1) is 8.97. The topological polar surface area (TPSA) is 45.8 Å². The number of H-pyrrole nitrogens is 1. The van der Waals surface area contributed by atoms with Crippen LogP contribution in [0.3, 0.4) is 0 Å². The van der Waals surface area contributed by atoms with Crippen molar-refractivity contribution in [2.75, 3.05) is 0 Å². The summed E-state index contributed by atoms with van der Waals surface area (Å²) in [6.07, 6.45) is 1.55. The van der Waals surface area contributed by atoms with Gasteiger partial charge in [0.1, 0.15) is 0 Å². The maximum absolute atomic E-state index is 11.0. The Labute approximate surface area is 85.4 Å². The first-order chi connectivity index (χ1) is 6.77. The van der Waals surface area contributed by atoms with Crippen molar-refractivity contribution in [1.82, 2.24) is 9.97 Å². The Kier molecular flexibility index (Phi) is 2.33. The lowest BCUT2D eigenvalue weighted by molar-refractivity contribution is 1.08. The number of nitrogens with zero attached hydrogens (tertiary/aromatic N) is 1. The van der Waals surface area contributed by atoms with E-state index in [1.54, 1.807) is 18.3 Å². The molecule has 2 aromatic rings. The summed E-state index contributed by atoms with van der Waals surface area (Å²) >= 11 is 5.96. The molecule has 0 aliphatic rings. The third kappa shape index (κ3) is 1.67. The van der Waals surface area contributed by atoms with Crippen molar-refractivity contribution in [3.8, 4) is 11.3 Å². The van der Waals surface area contributed by atoms with Crippen LogP contribution in [0.5, 0.6) is 0 Å². The molecule has 0 amide bonds. The molecular formula is C10H7ClN2O. The summed E-state index contributed by atoms with van der Waals surface area (Å²) in [5.74, 6) is 0. The highest BCUT2D eigenvalue weighted by Crippen LogP contribution is 2.24. The minimum atomic E-state index is -0.373. The van der Waals surface area contributed by atoms with Crippen molar-refractivity contribution >= 4 is 11.6 Å². The van der Waals surface area contributed by atoms with Crippen LogP contribution < -0.4 is 5.69 Å². The van der Waals surface area contributed by atoms with Crippen LogP contribution in [0.25, 0.3) is 11.3 Å². The number of rotatable bonds is 1. The second-order valence-corrected chi connectivity index (χ2v) is 3.17. The van der Waals surface area contributed by atoms with E-state index in [1.165, 1.54) is 0 Å². The van der Waals surface area contributed by atoms with Gasteiger partial charge in [0.05, 0.1) is 5.69 Å². The van der Waals surface area contributed by atoms with Gasteiger partial charge < -0.3 is 4.98 Å². The van der Waals surface area contributed by atoms with E-state index >= 15 is 0 Å². The Morgan fingerprint density at radius 1 is 1.21 bits per heavy atom. The van der Waals surface area contributed by atoms with E-state index in [4.69, 9.17) is 11.6 Å². The van der Waals surface area contributed by atoms with Crippen molar-refractivity contribution in [3.05, 3.63) is 52.0 Å². The van der Waals surface area contributed by atoms with Gasteiger partial charge in [-0.3, -0.25) is 0 Å². The van der Waals surface area contributed by atoms with E-state index in [-0.39, 0.29) is 5.69 Å². The summed E-state index contributed by atoms with van der Waals surface area (Å²) in [5.41, 5.74) is 0.974. The molecule has 0 spiro atoms. The molecule has 1 heterocycles. The summed E-state index contributed by atoms with van der Waals surface area (Å²) in [7, 11) is 0. The lowest BCUT2D eigenvalue weighted by Crippen LogP contribution is -2.09. The number of nitrogens with one attached hydrogen (secondary N) is 1. The highest BCUT2D eigenvalue weighted by molar-refractivity contribution is 6.33. The van der Waals surface area contributed by atoms with E-state index in [0.29, 0.717) is 10.7 Å². The molecular weight excluding hydrogens is 200 g/mol. The van der Waals surface area contributed by atoms with Crippen molar-refractivity contribution in [3.63, 3.8) is 0 Å². The van der Waals surface area contributed by atoms with E-state index in [9.17, 15) is 4.79 Å². The highest BCUT2D eigenvalue weighted by atomic mass is 35.5. The van der Waals surface area contributed by atoms with Gasteiger partial charge in [-0.1, -0.05) is 29.8 Å². The fourth-order valence-electron chi connectivity index (χ4n) is 1.19. The van der Waals surface area contributed by atoms with Gasteiger partial charge in [0, 0.05) is 16.8 Å². The van der Waals surface area contributed by atoms with Gasteiger partial charge in [-0.05, 0) is 12.1 Å². The van der Waals surface area contributed by atoms with Crippen molar-refractivity contribution in [2.45, 2.75) is 0 Å². The third-order valence-corrected chi connectivity index (χ3v) is 2.15. The molecule has 4 heteroatoms. The molecule has 1 N–H and O–H groups in total. The van der Waals surface area contributed by atoms with Crippen LogP contribution in [0, 0.1) is 0 Å². The molecule has 0 saturated carbocycles. The van der Waals surface area contributed by atoms with Crippen LogP contribution in [-0.4, -0.2) is 9.97 Å². The molecule has 0 radical (unpaired) electrons. The van der Waals surface area contributed by atoms with Gasteiger partial charge in [-0.2, -0.15) is 4.98 Å². The number of aromatic amines is 1. The number of aromatic nitrogens is 2. The predicted octanol–water partition coefficient (Wildman–Crippen LogP) is 2.09. The van der Waals surface area contributed by atoms with E-state index in [0.717, 1.165) is 5.56 Å². The quantitative estimate of drug-likeness (QED) is 0.777. The second-order valence-electron chi connectivity index (χ2n) is 2.76. The summed E-state index contributed by atoms with van der Waals surface area (Å²) in [6.45, 7) is 0. The van der Waals surface area contributed by atoms with E-state index in [2.05, 4.69) is 9.97 Å². The lowest BCUT2D eigenvalue weighted by atomic mass is 10.1. The first-order valence-corrected chi connectivity index (χ1v) is 4.46. The van der Waals surface area contributed by atoms with Gasteiger partial charge >= 0.3 is 5.69 Å². The van der Waals surface area contributed by atoms with Crippen LogP contribution in [-0.2, 0) is 0 Å². The average Bonchev–Trinajstić information content (AvgIpc) is 2.18. The number of halogens is 1. The highest BCUT2D eigenvalue weighted by Gasteiger charge is 2.03. The first-order valence-electron chi connectivity index (χ1n) is 4.08. The molecule has 0 unspecified atom stereocenters.